The van der Waals surface area contributed by atoms with Crippen LogP contribution in [0.5, 0.6) is 23.0 Å². The first kappa shape index (κ1) is 42.5. The van der Waals surface area contributed by atoms with Crippen LogP contribution in [0.3, 0.4) is 0 Å². The highest BCUT2D eigenvalue weighted by Gasteiger charge is 2.61. The summed E-state index contributed by atoms with van der Waals surface area (Å²) in [4.78, 5) is 49.3. The Hall–Kier alpha value is -5.28. The molecular weight excluding hydrogens is 736 g/mol. The number of aromatic hydroxyl groups is 2. The molecule has 19 nitrogen and oxygen atoms in total. The maximum absolute atomic E-state index is 13.2. The van der Waals surface area contributed by atoms with Gasteiger partial charge in [-0.05, 0) is 47.5 Å². The average Bonchev–Trinajstić information content (AvgIpc) is 3.41. The van der Waals surface area contributed by atoms with Crippen LogP contribution in [0.1, 0.15) is 25.0 Å². The molecule has 2 aliphatic rings. The summed E-state index contributed by atoms with van der Waals surface area (Å²) < 4.78 is 48.5. The molecule has 0 aliphatic carbocycles. The molecule has 2 fully saturated rings. The summed E-state index contributed by atoms with van der Waals surface area (Å²) in [5.74, 6) is -6.39. The highest BCUT2D eigenvalue weighted by molar-refractivity contribution is 5.88. The van der Waals surface area contributed by atoms with Crippen LogP contribution in [0.15, 0.2) is 48.6 Å². The van der Waals surface area contributed by atoms with Gasteiger partial charge < -0.3 is 73.3 Å². The van der Waals surface area contributed by atoms with Crippen LogP contribution in [-0.4, -0.2) is 143 Å². The minimum absolute atomic E-state index is 0.104. The lowest BCUT2D eigenvalue weighted by Crippen LogP contribution is -2.64. The second-order valence-electron chi connectivity index (χ2n) is 12.2. The van der Waals surface area contributed by atoms with Gasteiger partial charge in [-0.15, -0.1) is 0 Å². The van der Waals surface area contributed by atoms with Gasteiger partial charge in [0.2, 0.25) is 12.1 Å². The van der Waals surface area contributed by atoms with Crippen molar-refractivity contribution in [3.63, 3.8) is 0 Å². The monoisotopic (exact) mass is 778 g/mol. The Kier molecular flexibility index (Phi) is 14.6. The number of aliphatic hydroxyl groups is 4. The van der Waals surface area contributed by atoms with E-state index in [0.29, 0.717) is 11.1 Å². The van der Waals surface area contributed by atoms with Crippen LogP contribution in [0.2, 0.25) is 0 Å². The summed E-state index contributed by atoms with van der Waals surface area (Å²) >= 11 is 0. The van der Waals surface area contributed by atoms with E-state index in [9.17, 15) is 49.8 Å². The number of methoxy groups -OCH3 is 2. The first-order chi connectivity index (χ1) is 26.1. The second kappa shape index (κ2) is 18.8. The molecule has 2 heterocycles. The van der Waals surface area contributed by atoms with E-state index in [1.165, 1.54) is 62.8 Å². The molecule has 2 aromatic carbocycles. The van der Waals surface area contributed by atoms with Gasteiger partial charge in [0.1, 0.15) is 50.3 Å². The summed E-state index contributed by atoms with van der Waals surface area (Å²) in [7, 11) is 2.67. The molecule has 0 aromatic heterocycles. The first-order valence-electron chi connectivity index (χ1n) is 16.6. The number of aliphatic hydroxyl groups excluding tert-OH is 4. The van der Waals surface area contributed by atoms with Gasteiger partial charge in [-0.2, -0.15) is 0 Å². The number of rotatable bonds is 15. The number of phenolic OH excluding ortho intramolecular Hbond substituents is 2. The van der Waals surface area contributed by atoms with Crippen molar-refractivity contribution in [1.29, 1.82) is 0 Å². The number of carbonyl (C=O) groups is 4. The molecule has 2 aliphatic heterocycles. The molecule has 9 atom stereocenters. The standard InChI is InChI=1S/C36H42O19/c1-18(38)49-15-26-30(44)32(46)33(51-19(2)39)35(52-26)55-36(17-37)34(53-29(43)12-8-21-6-10-23(41)25(14-21)48-4)31(45)27(54-36)16-50-28(42)11-7-20-5-9-22(40)24(13-20)47-3/h5-14,26-27,30-35,37,40-41,44-46H,15-17H2,1-4H3/b11-7+,12-8+/t26-,27-,30-,31-,32+,33-,34+,35-,36+/m1/s1. The fraction of sp³-hybridized carbons (Fsp3) is 0.444. The van der Waals surface area contributed by atoms with Crippen molar-refractivity contribution in [2.24, 2.45) is 0 Å². The third kappa shape index (κ3) is 10.7. The molecule has 4 rings (SSSR count). The summed E-state index contributed by atoms with van der Waals surface area (Å²) in [5, 5.41) is 63.4. The van der Waals surface area contributed by atoms with Crippen molar-refractivity contribution in [3.05, 3.63) is 59.7 Å². The highest BCUT2D eigenvalue weighted by Crippen LogP contribution is 2.39. The minimum Gasteiger partial charge on any atom is -0.504 e. The largest absolute Gasteiger partial charge is 0.504 e. The van der Waals surface area contributed by atoms with Gasteiger partial charge in [-0.25, -0.2) is 9.59 Å². The molecule has 2 saturated heterocycles. The number of carbonyl (C=O) groups excluding carboxylic acids is 4. The Bertz CT molecular complexity index is 1740. The molecule has 55 heavy (non-hydrogen) atoms. The number of ether oxygens (including phenoxy) is 9. The van der Waals surface area contributed by atoms with Crippen molar-refractivity contribution < 1.29 is 92.4 Å². The zero-order valence-electron chi connectivity index (χ0n) is 30.0. The first-order valence-corrected chi connectivity index (χ1v) is 16.6. The molecule has 2 aromatic rings. The van der Waals surface area contributed by atoms with Gasteiger partial charge in [-0.3, -0.25) is 9.59 Å². The van der Waals surface area contributed by atoms with Gasteiger partial charge in [-0.1, -0.05) is 12.1 Å². The Balaban J connectivity index is 1.61. The summed E-state index contributed by atoms with van der Waals surface area (Å²) in [5.41, 5.74) is 0.839. The van der Waals surface area contributed by atoms with E-state index in [1.54, 1.807) is 0 Å². The van der Waals surface area contributed by atoms with Crippen LogP contribution in [0.4, 0.5) is 0 Å². The van der Waals surface area contributed by atoms with Gasteiger partial charge in [0.25, 0.3) is 0 Å². The maximum Gasteiger partial charge on any atom is 0.331 e. The molecule has 0 radical (unpaired) electrons. The predicted molar refractivity (Wildman–Crippen MR) is 183 cm³/mol. The van der Waals surface area contributed by atoms with Crippen LogP contribution in [-0.2, 0) is 52.3 Å². The quantitative estimate of drug-likeness (QED) is 0.0770. The fourth-order valence-electron chi connectivity index (χ4n) is 5.55. The SMILES string of the molecule is COc1cc(/C=C/C(=O)OC[C@H]2O[C@@](CO)(O[C@H]3O[C@H](COC(C)=O)[C@@H](O)[C@H](O)[C@H]3OC(C)=O)[C@@H](OC(=O)/C=C/c3ccc(O)c(OC)c3)[C@@H]2O)ccc1O. The molecule has 300 valence electrons. The summed E-state index contributed by atoms with van der Waals surface area (Å²) in [6.07, 6.45) is -9.75. The van der Waals surface area contributed by atoms with E-state index < -0.39 is 98.5 Å². The Labute approximate surface area is 313 Å². The number of hydrogen-bond acceptors (Lipinski definition) is 19. The highest BCUT2D eigenvalue weighted by atomic mass is 16.8. The van der Waals surface area contributed by atoms with E-state index in [2.05, 4.69) is 0 Å². The van der Waals surface area contributed by atoms with E-state index >= 15 is 0 Å². The molecule has 6 N–H and O–H groups in total. The van der Waals surface area contributed by atoms with Crippen LogP contribution in [0, 0.1) is 0 Å². The Morgan fingerprint density at radius 1 is 0.745 bits per heavy atom. The predicted octanol–water partition coefficient (Wildman–Crippen LogP) is -0.297. The second-order valence-corrected chi connectivity index (χ2v) is 12.2. The van der Waals surface area contributed by atoms with Crippen molar-refractivity contribution in [3.8, 4) is 23.0 Å². The molecule has 19 heteroatoms. The topological polar surface area (TPSA) is 273 Å². The van der Waals surface area contributed by atoms with Crippen molar-refractivity contribution in [2.45, 2.75) is 68.7 Å². The van der Waals surface area contributed by atoms with Gasteiger partial charge in [0.15, 0.2) is 35.2 Å². The van der Waals surface area contributed by atoms with Crippen molar-refractivity contribution in [2.75, 3.05) is 34.0 Å². The zero-order valence-corrected chi connectivity index (χ0v) is 30.0. The van der Waals surface area contributed by atoms with E-state index in [4.69, 9.17) is 42.6 Å². The number of esters is 4. The van der Waals surface area contributed by atoms with Gasteiger partial charge in [0, 0.05) is 26.0 Å². The molecular formula is C36H42O19. The number of hydrogen-bond donors (Lipinski definition) is 6. The fourth-order valence-corrected chi connectivity index (χ4v) is 5.55. The average molecular weight is 779 g/mol. The van der Waals surface area contributed by atoms with Crippen molar-refractivity contribution in [1.82, 2.24) is 0 Å². The Morgan fingerprint density at radius 2 is 1.31 bits per heavy atom. The lowest BCUT2D eigenvalue weighted by molar-refractivity contribution is -0.383. The minimum atomic E-state index is -2.59. The molecule has 0 amide bonds. The number of phenols is 2. The third-order valence-corrected chi connectivity index (χ3v) is 8.27. The number of benzene rings is 2. The molecule has 0 saturated carbocycles. The Morgan fingerprint density at radius 3 is 1.84 bits per heavy atom. The summed E-state index contributed by atoms with van der Waals surface area (Å²) in [6, 6.07) is 8.47. The van der Waals surface area contributed by atoms with E-state index in [0.717, 1.165) is 26.0 Å². The normalized spacial score (nSPS) is 27.8. The third-order valence-electron chi connectivity index (χ3n) is 8.27. The van der Waals surface area contributed by atoms with Crippen LogP contribution in [0.25, 0.3) is 12.2 Å². The molecule has 0 bridgehead atoms. The van der Waals surface area contributed by atoms with Crippen molar-refractivity contribution >= 4 is 36.0 Å². The van der Waals surface area contributed by atoms with Gasteiger partial charge >= 0.3 is 23.9 Å². The smallest absolute Gasteiger partial charge is 0.331 e. The van der Waals surface area contributed by atoms with E-state index in [1.807, 2.05) is 0 Å². The zero-order chi connectivity index (χ0) is 40.4. The van der Waals surface area contributed by atoms with Crippen LogP contribution >= 0.6 is 0 Å². The molecule has 0 unspecified atom stereocenters. The lowest BCUT2D eigenvalue weighted by Gasteiger charge is -2.44. The maximum atomic E-state index is 13.2. The van der Waals surface area contributed by atoms with E-state index in [-0.39, 0.29) is 23.0 Å². The molecule has 0 spiro atoms. The van der Waals surface area contributed by atoms with Crippen LogP contribution < -0.4 is 9.47 Å². The van der Waals surface area contributed by atoms with Gasteiger partial charge in [0.05, 0.1) is 14.2 Å². The summed E-state index contributed by atoms with van der Waals surface area (Å²) in [6.45, 7) is -0.455. The lowest BCUT2D eigenvalue weighted by atomic mass is 9.98.